The fourth-order valence-corrected chi connectivity index (χ4v) is 2.19. The van der Waals surface area contributed by atoms with E-state index in [0.29, 0.717) is 24.0 Å². The first-order valence-electron chi connectivity index (χ1n) is 8.54. The minimum Gasteiger partial charge on any atom is -0.491 e. The Hall–Kier alpha value is -2.75. The monoisotopic (exact) mass is 374 g/mol. The molecule has 1 nitrogen and oxygen atoms in total. The molecule has 0 unspecified atom stereocenters. The van der Waals surface area contributed by atoms with Gasteiger partial charge in [0.1, 0.15) is 5.82 Å². The Bertz CT molecular complexity index is 813. The van der Waals surface area contributed by atoms with Crippen LogP contribution in [-0.4, -0.2) is 6.61 Å². The predicted octanol–water partition coefficient (Wildman–Crippen LogP) is 6.99. The fourth-order valence-electron chi connectivity index (χ4n) is 2.19. The minimum absolute atomic E-state index is 0.175. The molecule has 1 rings (SSSR count). The van der Waals surface area contributed by atoms with Crippen LogP contribution in [0.5, 0.6) is 0 Å². The maximum atomic E-state index is 14.1. The molecule has 0 fully saturated rings. The number of benzene rings is 1. The molecule has 0 saturated carbocycles. The van der Waals surface area contributed by atoms with Crippen molar-refractivity contribution in [2.24, 2.45) is 0 Å². The van der Waals surface area contributed by atoms with Crippen LogP contribution >= 0.6 is 0 Å². The van der Waals surface area contributed by atoms with Gasteiger partial charge in [0.25, 0.3) is 0 Å². The standard InChI is InChI=1S/C23H25F3O/c1-7-27-19(6)23(26)22(25)18(5)17(4)11-8-15(2)9-12-20-13-10-16(3)14-21(20)24/h8,10-11,13-14H,2,4-7,9,12H2,1,3H3/b11-8-,23-22-. The molecule has 0 spiro atoms. The molecule has 1 aromatic carbocycles. The van der Waals surface area contributed by atoms with Gasteiger partial charge in [-0.25, -0.2) is 8.78 Å². The van der Waals surface area contributed by atoms with Gasteiger partial charge in [0.15, 0.2) is 11.6 Å². The summed E-state index contributed by atoms with van der Waals surface area (Å²) in [6.07, 6.45) is 4.12. The highest BCUT2D eigenvalue weighted by Gasteiger charge is 2.15. The van der Waals surface area contributed by atoms with E-state index in [1.807, 2.05) is 13.0 Å². The van der Waals surface area contributed by atoms with E-state index in [9.17, 15) is 13.2 Å². The molecule has 0 aliphatic rings. The molecule has 0 heterocycles. The fraction of sp³-hybridized carbons (Fsp3) is 0.217. The number of hydrogen-bond acceptors (Lipinski definition) is 1. The van der Waals surface area contributed by atoms with Crippen LogP contribution in [0.15, 0.2) is 90.8 Å². The first kappa shape index (κ1) is 22.3. The van der Waals surface area contributed by atoms with Gasteiger partial charge in [0, 0.05) is 5.57 Å². The third-order valence-electron chi connectivity index (χ3n) is 3.85. The third kappa shape index (κ3) is 6.81. The second-order valence-electron chi connectivity index (χ2n) is 6.07. The molecule has 27 heavy (non-hydrogen) atoms. The van der Waals surface area contributed by atoms with Crippen molar-refractivity contribution in [2.75, 3.05) is 6.61 Å². The molecule has 0 atom stereocenters. The molecule has 0 bridgehead atoms. The Balaban J connectivity index is 2.68. The quantitative estimate of drug-likeness (QED) is 0.317. The van der Waals surface area contributed by atoms with Crippen LogP contribution in [0.25, 0.3) is 0 Å². The average Bonchev–Trinajstić information content (AvgIpc) is 2.63. The number of aryl methyl sites for hydroxylation is 2. The van der Waals surface area contributed by atoms with Gasteiger partial charge < -0.3 is 4.74 Å². The third-order valence-corrected chi connectivity index (χ3v) is 3.85. The normalized spacial score (nSPS) is 11.9. The molecular weight excluding hydrogens is 349 g/mol. The summed E-state index contributed by atoms with van der Waals surface area (Å²) in [5.74, 6) is -3.01. The summed E-state index contributed by atoms with van der Waals surface area (Å²) in [4.78, 5) is 0. The van der Waals surface area contributed by atoms with Gasteiger partial charge >= 0.3 is 0 Å². The lowest BCUT2D eigenvalue weighted by Gasteiger charge is -2.08. The van der Waals surface area contributed by atoms with Gasteiger partial charge in [-0.2, -0.15) is 4.39 Å². The highest BCUT2D eigenvalue weighted by Crippen LogP contribution is 2.27. The van der Waals surface area contributed by atoms with Gasteiger partial charge in [-0.3, -0.25) is 0 Å². The van der Waals surface area contributed by atoms with E-state index in [1.165, 1.54) is 12.1 Å². The molecule has 0 aromatic heterocycles. The SMILES string of the molecule is C=C(/C=C\C(=C)C(=C)/C(F)=C(/F)C(=C)OCC)CCc1ccc(C)cc1F. The maximum Gasteiger partial charge on any atom is 0.200 e. The van der Waals surface area contributed by atoms with Crippen molar-refractivity contribution in [1.29, 1.82) is 0 Å². The summed E-state index contributed by atoms with van der Waals surface area (Å²) < 4.78 is 46.6. The Morgan fingerprint density at radius 2 is 1.74 bits per heavy atom. The van der Waals surface area contributed by atoms with E-state index in [-0.39, 0.29) is 23.6 Å². The second kappa shape index (κ2) is 10.4. The molecular formula is C23H25F3O. The molecule has 0 N–H and O–H groups in total. The molecule has 0 amide bonds. The maximum absolute atomic E-state index is 14.1. The number of hydrogen-bond donors (Lipinski definition) is 0. The van der Waals surface area contributed by atoms with E-state index in [1.54, 1.807) is 19.1 Å². The van der Waals surface area contributed by atoms with Crippen LogP contribution in [0.2, 0.25) is 0 Å². The smallest absolute Gasteiger partial charge is 0.200 e. The lowest BCUT2D eigenvalue weighted by molar-refractivity contribution is 0.224. The van der Waals surface area contributed by atoms with Gasteiger partial charge in [-0.1, -0.05) is 56.2 Å². The topological polar surface area (TPSA) is 9.23 Å². The van der Waals surface area contributed by atoms with Crippen LogP contribution in [-0.2, 0) is 11.2 Å². The van der Waals surface area contributed by atoms with E-state index in [2.05, 4.69) is 26.3 Å². The van der Waals surface area contributed by atoms with Crippen molar-refractivity contribution >= 4 is 0 Å². The van der Waals surface area contributed by atoms with Crippen LogP contribution in [0.3, 0.4) is 0 Å². The lowest BCUT2D eigenvalue weighted by atomic mass is 10.0. The van der Waals surface area contributed by atoms with Crippen molar-refractivity contribution < 1.29 is 17.9 Å². The van der Waals surface area contributed by atoms with Crippen LogP contribution in [0, 0.1) is 12.7 Å². The number of ether oxygens (including phenoxy) is 1. The summed E-state index contributed by atoms with van der Waals surface area (Å²) in [5, 5.41) is 0. The number of rotatable bonds is 10. The summed E-state index contributed by atoms with van der Waals surface area (Å²) in [6, 6.07) is 5.08. The predicted molar refractivity (Wildman–Crippen MR) is 106 cm³/mol. The molecule has 0 saturated heterocycles. The van der Waals surface area contributed by atoms with Gasteiger partial charge in [0.05, 0.1) is 6.61 Å². The van der Waals surface area contributed by atoms with Crippen molar-refractivity contribution in [3.8, 4) is 0 Å². The van der Waals surface area contributed by atoms with E-state index in [0.717, 1.165) is 5.56 Å². The van der Waals surface area contributed by atoms with Crippen molar-refractivity contribution in [2.45, 2.75) is 26.7 Å². The van der Waals surface area contributed by atoms with E-state index < -0.39 is 17.4 Å². The van der Waals surface area contributed by atoms with Crippen LogP contribution in [0.4, 0.5) is 13.2 Å². The van der Waals surface area contributed by atoms with Crippen molar-refractivity contribution in [3.05, 3.63) is 108 Å². The first-order chi connectivity index (χ1) is 12.7. The second-order valence-corrected chi connectivity index (χ2v) is 6.07. The zero-order valence-corrected chi connectivity index (χ0v) is 15.9. The van der Waals surface area contributed by atoms with Crippen LogP contribution in [0.1, 0.15) is 24.5 Å². The van der Waals surface area contributed by atoms with Gasteiger partial charge in [-0.15, -0.1) is 0 Å². The van der Waals surface area contributed by atoms with Crippen molar-refractivity contribution in [1.82, 2.24) is 0 Å². The summed E-state index contributed by atoms with van der Waals surface area (Å²) in [5.41, 5.74) is 2.15. The number of allylic oxidation sites excluding steroid dienone is 7. The molecule has 1 aromatic rings. The lowest BCUT2D eigenvalue weighted by Crippen LogP contribution is -1.95. The first-order valence-corrected chi connectivity index (χ1v) is 8.54. The molecule has 4 heteroatoms. The Kier molecular flexibility index (Phi) is 8.60. The van der Waals surface area contributed by atoms with E-state index in [4.69, 9.17) is 4.74 Å². The molecule has 0 aliphatic heterocycles. The highest BCUT2D eigenvalue weighted by atomic mass is 19.2. The Labute approximate surface area is 159 Å². The minimum atomic E-state index is -1.20. The zero-order chi connectivity index (χ0) is 20.6. The largest absolute Gasteiger partial charge is 0.491 e. The summed E-state index contributed by atoms with van der Waals surface area (Å²) >= 11 is 0. The zero-order valence-electron chi connectivity index (χ0n) is 15.9. The van der Waals surface area contributed by atoms with E-state index >= 15 is 0 Å². The number of halogens is 3. The Morgan fingerprint density at radius 3 is 2.33 bits per heavy atom. The van der Waals surface area contributed by atoms with Crippen LogP contribution < -0.4 is 0 Å². The molecule has 0 aliphatic carbocycles. The van der Waals surface area contributed by atoms with Gasteiger partial charge in [0.2, 0.25) is 5.83 Å². The average molecular weight is 374 g/mol. The molecule has 0 radical (unpaired) electrons. The Morgan fingerprint density at radius 1 is 1.07 bits per heavy atom. The molecule has 144 valence electrons. The van der Waals surface area contributed by atoms with Gasteiger partial charge in [-0.05, 0) is 49.5 Å². The highest BCUT2D eigenvalue weighted by molar-refractivity contribution is 5.49. The van der Waals surface area contributed by atoms with Crippen molar-refractivity contribution in [3.63, 3.8) is 0 Å². The summed E-state index contributed by atoms with van der Waals surface area (Å²) in [7, 11) is 0. The summed E-state index contributed by atoms with van der Waals surface area (Å²) in [6.45, 7) is 18.0.